The molecular formula is C11H10F3N3O. The number of hydrogen-bond acceptors (Lipinski definition) is 3. The molecule has 2 rings (SSSR count). The molecule has 0 saturated heterocycles. The third kappa shape index (κ3) is 2.21. The summed E-state index contributed by atoms with van der Waals surface area (Å²) in [6.07, 6.45) is -3.03. The van der Waals surface area contributed by atoms with Gasteiger partial charge in [0.05, 0.1) is 5.56 Å². The Bertz CT molecular complexity index is 633. The minimum Gasteiger partial charge on any atom is -0.330 e. The molecule has 0 spiro atoms. The van der Waals surface area contributed by atoms with Crippen LogP contribution in [0.1, 0.15) is 11.3 Å². The van der Waals surface area contributed by atoms with Crippen LogP contribution in [-0.4, -0.2) is 15.9 Å². The number of nitrogens with zero attached hydrogens (tertiary/aromatic N) is 2. The minimum atomic E-state index is -4.55. The lowest BCUT2D eigenvalue weighted by Gasteiger charge is -2.10. The molecular weight excluding hydrogens is 247 g/mol. The van der Waals surface area contributed by atoms with E-state index in [1.54, 1.807) is 0 Å². The van der Waals surface area contributed by atoms with Crippen molar-refractivity contribution in [1.29, 1.82) is 0 Å². The van der Waals surface area contributed by atoms with Gasteiger partial charge in [-0.25, -0.2) is 4.98 Å². The van der Waals surface area contributed by atoms with Crippen molar-refractivity contribution in [2.45, 2.75) is 12.6 Å². The van der Waals surface area contributed by atoms with Gasteiger partial charge in [-0.05, 0) is 18.7 Å². The van der Waals surface area contributed by atoms with E-state index in [1.807, 2.05) is 0 Å². The first-order chi connectivity index (χ1) is 8.43. The topological polar surface area (TPSA) is 60.4 Å². The predicted molar refractivity (Wildman–Crippen MR) is 59.2 cm³/mol. The van der Waals surface area contributed by atoms with Crippen LogP contribution in [0.5, 0.6) is 0 Å². The Morgan fingerprint density at radius 3 is 2.72 bits per heavy atom. The van der Waals surface area contributed by atoms with Gasteiger partial charge in [0.2, 0.25) is 0 Å². The van der Waals surface area contributed by atoms with Crippen molar-refractivity contribution in [2.24, 2.45) is 5.73 Å². The lowest BCUT2D eigenvalue weighted by molar-refractivity contribution is -0.136. The maximum absolute atomic E-state index is 12.8. The van der Waals surface area contributed by atoms with E-state index >= 15 is 0 Å². The molecule has 2 N–H and O–H groups in total. The summed E-state index contributed by atoms with van der Waals surface area (Å²) in [5.74, 6) is 0. The van der Waals surface area contributed by atoms with E-state index in [0.717, 1.165) is 10.5 Å². The van der Waals surface area contributed by atoms with Gasteiger partial charge in [0, 0.05) is 24.4 Å². The molecule has 4 nitrogen and oxygen atoms in total. The molecule has 0 atom stereocenters. The molecule has 0 aliphatic heterocycles. The average Bonchev–Trinajstić information content (AvgIpc) is 2.27. The highest BCUT2D eigenvalue weighted by atomic mass is 19.4. The van der Waals surface area contributed by atoms with Crippen molar-refractivity contribution < 1.29 is 13.2 Å². The summed E-state index contributed by atoms with van der Waals surface area (Å²) < 4.78 is 39.2. The van der Waals surface area contributed by atoms with Gasteiger partial charge in [0.1, 0.15) is 0 Å². The normalized spacial score (nSPS) is 12.0. The monoisotopic (exact) mass is 257 g/mol. The van der Waals surface area contributed by atoms with Crippen LogP contribution >= 0.6 is 0 Å². The summed E-state index contributed by atoms with van der Waals surface area (Å²) in [4.78, 5) is 15.5. The number of fused-ring (bicyclic) bond motifs is 1. The van der Waals surface area contributed by atoms with E-state index in [2.05, 4.69) is 4.98 Å². The fourth-order valence-electron chi connectivity index (χ4n) is 1.67. The third-order valence-electron chi connectivity index (χ3n) is 2.45. The van der Waals surface area contributed by atoms with Crippen molar-refractivity contribution in [2.75, 3.05) is 6.54 Å². The molecule has 2 aromatic heterocycles. The van der Waals surface area contributed by atoms with Crippen molar-refractivity contribution in [3.63, 3.8) is 0 Å². The highest BCUT2D eigenvalue weighted by Gasteiger charge is 2.33. The lowest BCUT2D eigenvalue weighted by Crippen LogP contribution is -2.20. The second-order valence-corrected chi connectivity index (χ2v) is 3.74. The van der Waals surface area contributed by atoms with Gasteiger partial charge in [-0.2, -0.15) is 13.2 Å². The summed E-state index contributed by atoms with van der Waals surface area (Å²) in [5, 5.41) is 0. The average molecular weight is 257 g/mol. The van der Waals surface area contributed by atoms with Crippen molar-refractivity contribution >= 4 is 5.65 Å². The Morgan fingerprint density at radius 1 is 1.39 bits per heavy atom. The Hall–Kier alpha value is -1.89. The van der Waals surface area contributed by atoms with Crippen LogP contribution in [0.2, 0.25) is 0 Å². The Labute approximate surface area is 99.9 Å². The first kappa shape index (κ1) is 12.6. The molecule has 2 aromatic rings. The molecule has 96 valence electrons. The SMILES string of the molecule is NCCc1cc(=O)n2cccc(C(F)(F)F)c2n1. The molecule has 2 heterocycles. The molecule has 7 heteroatoms. The second kappa shape index (κ2) is 4.41. The first-order valence-electron chi connectivity index (χ1n) is 5.22. The molecule has 0 bridgehead atoms. The number of hydrogen-bond donors (Lipinski definition) is 1. The highest BCUT2D eigenvalue weighted by molar-refractivity contribution is 5.49. The number of aromatic nitrogens is 2. The summed E-state index contributed by atoms with van der Waals surface area (Å²) in [7, 11) is 0. The molecule has 0 fully saturated rings. The number of nitrogens with two attached hydrogens (primary N) is 1. The van der Waals surface area contributed by atoms with E-state index in [1.165, 1.54) is 18.3 Å². The van der Waals surface area contributed by atoms with Crippen molar-refractivity contribution in [3.8, 4) is 0 Å². The zero-order chi connectivity index (χ0) is 13.3. The van der Waals surface area contributed by atoms with E-state index in [9.17, 15) is 18.0 Å². The van der Waals surface area contributed by atoms with Crippen LogP contribution in [-0.2, 0) is 12.6 Å². The van der Waals surface area contributed by atoms with Crippen LogP contribution in [0.3, 0.4) is 0 Å². The molecule has 0 aliphatic rings. The summed E-state index contributed by atoms with van der Waals surface area (Å²) in [5.41, 5.74) is 3.71. The summed E-state index contributed by atoms with van der Waals surface area (Å²) in [6, 6.07) is 3.26. The molecule has 0 aliphatic carbocycles. The number of alkyl halides is 3. The molecule has 0 unspecified atom stereocenters. The molecule has 0 amide bonds. The van der Waals surface area contributed by atoms with E-state index < -0.39 is 17.3 Å². The van der Waals surface area contributed by atoms with Crippen LogP contribution in [0.15, 0.2) is 29.2 Å². The van der Waals surface area contributed by atoms with Crippen LogP contribution in [0, 0.1) is 0 Å². The molecule has 0 saturated carbocycles. The van der Waals surface area contributed by atoms with Crippen LogP contribution in [0.4, 0.5) is 13.2 Å². The third-order valence-corrected chi connectivity index (χ3v) is 2.45. The fraction of sp³-hybridized carbons (Fsp3) is 0.273. The molecule has 18 heavy (non-hydrogen) atoms. The maximum atomic E-state index is 12.8. The Morgan fingerprint density at radius 2 is 2.11 bits per heavy atom. The van der Waals surface area contributed by atoms with Crippen LogP contribution in [0.25, 0.3) is 5.65 Å². The largest absolute Gasteiger partial charge is 0.419 e. The van der Waals surface area contributed by atoms with Gasteiger partial charge < -0.3 is 5.73 Å². The Balaban J connectivity index is 2.78. The predicted octanol–water partition coefficient (Wildman–Crippen LogP) is 1.21. The zero-order valence-corrected chi connectivity index (χ0v) is 9.24. The molecule has 0 aromatic carbocycles. The van der Waals surface area contributed by atoms with Crippen LogP contribution < -0.4 is 11.3 Å². The van der Waals surface area contributed by atoms with Gasteiger partial charge in [-0.3, -0.25) is 9.20 Å². The second-order valence-electron chi connectivity index (χ2n) is 3.74. The Kier molecular flexibility index (Phi) is 3.08. The fourth-order valence-corrected chi connectivity index (χ4v) is 1.67. The summed E-state index contributed by atoms with van der Waals surface area (Å²) >= 11 is 0. The van der Waals surface area contributed by atoms with E-state index in [-0.39, 0.29) is 24.3 Å². The molecule has 0 radical (unpaired) electrons. The maximum Gasteiger partial charge on any atom is 0.419 e. The van der Waals surface area contributed by atoms with Gasteiger partial charge >= 0.3 is 6.18 Å². The van der Waals surface area contributed by atoms with Gasteiger partial charge in [-0.15, -0.1) is 0 Å². The van der Waals surface area contributed by atoms with E-state index in [4.69, 9.17) is 5.73 Å². The smallest absolute Gasteiger partial charge is 0.330 e. The number of rotatable bonds is 2. The van der Waals surface area contributed by atoms with Crippen molar-refractivity contribution in [1.82, 2.24) is 9.38 Å². The first-order valence-corrected chi connectivity index (χ1v) is 5.22. The lowest BCUT2D eigenvalue weighted by atomic mass is 10.2. The highest BCUT2D eigenvalue weighted by Crippen LogP contribution is 2.31. The van der Waals surface area contributed by atoms with Gasteiger partial charge in [0.25, 0.3) is 5.56 Å². The number of halogens is 3. The number of pyridine rings is 1. The standard InChI is InChI=1S/C11H10F3N3O/c12-11(13,14)8-2-1-5-17-9(18)6-7(3-4-15)16-10(8)17/h1-2,5-6H,3-4,15H2. The summed E-state index contributed by atoms with van der Waals surface area (Å²) in [6.45, 7) is 0.219. The minimum absolute atomic E-state index is 0.219. The zero-order valence-electron chi connectivity index (χ0n) is 9.24. The van der Waals surface area contributed by atoms with Crippen molar-refractivity contribution in [3.05, 3.63) is 46.0 Å². The van der Waals surface area contributed by atoms with E-state index in [0.29, 0.717) is 0 Å². The van der Waals surface area contributed by atoms with Gasteiger partial charge in [-0.1, -0.05) is 0 Å². The van der Waals surface area contributed by atoms with Gasteiger partial charge in [0.15, 0.2) is 5.65 Å². The quantitative estimate of drug-likeness (QED) is 0.879.